The number of hydrogen-bond donors (Lipinski definition) is 0. The molecule has 1 saturated heterocycles. The lowest BCUT2D eigenvalue weighted by molar-refractivity contribution is 0.0606. The van der Waals surface area contributed by atoms with Gasteiger partial charge in [-0.3, -0.25) is 4.90 Å². The molecule has 0 saturated carbocycles. The lowest BCUT2D eigenvalue weighted by Crippen LogP contribution is -2.42. The van der Waals surface area contributed by atoms with Crippen LogP contribution in [0.15, 0.2) is 48.5 Å². The Labute approximate surface area is 147 Å². The van der Waals surface area contributed by atoms with E-state index in [9.17, 15) is 4.39 Å². The monoisotopic (exact) mass is 342 g/mol. The summed E-state index contributed by atoms with van der Waals surface area (Å²) >= 11 is 0. The van der Waals surface area contributed by atoms with E-state index < -0.39 is 0 Å². The van der Waals surface area contributed by atoms with Crippen LogP contribution < -0.4 is 14.4 Å². The second-order valence-electron chi connectivity index (χ2n) is 6.62. The zero-order chi connectivity index (χ0) is 17.1. The molecule has 4 rings (SSSR count). The largest absolute Gasteiger partial charge is 0.486 e. The summed E-state index contributed by atoms with van der Waals surface area (Å²) in [5, 5.41) is 0. The number of anilines is 1. The molecule has 0 spiro atoms. The van der Waals surface area contributed by atoms with E-state index in [0.717, 1.165) is 56.3 Å². The van der Waals surface area contributed by atoms with Gasteiger partial charge in [-0.05, 0) is 42.8 Å². The zero-order valence-corrected chi connectivity index (χ0v) is 14.2. The third kappa shape index (κ3) is 3.87. The summed E-state index contributed by atoms with van der Waals surface area (Å²) in [4.78, 5) is 4.76. The van der Waals surface area contributed by atoms with E-state index >= 15 is 0 Å². The minimum atomic E-state index is -0.185. The molecule has 0 aromatic heterocycles. The molecule has 2 aromatic carbocycles. The van der Waals surface area contributed by atoms with Gasteiger partial charge in [0.1, 0.15) is 18.5 Å². The summed E-state index contributed by atoms with van der Waals surface area (Å²) in [7, 11) is 0. The van der Waals surface area contributed by atoms with Crippen molar-refractivity contribution < 1.29 is 13.9 Å². The Bertz CT molecular complexity index is 707. The molecule has 132 valence electrons. The number of hydrogen-bond acceptors (Lipinski definition) is 4. The molecule has 2 aliphatic heterocycles. The first kappa shape index (κ1) is 16.2. The van der Waals surface area contributed by atoms with Crippen molar-refractivity contribution in [3.63, 3.8) is 0 Å². The molecule has 25 heavy (non-hydrogen) atoms. The molecule has 1 atom stereocenters. The smallest absolute Gasteiger partial charge is 0.161 e. The first-order chi connectivity index (χ1) is 12.3. The number of fused-ring (bicyclic) bond motifs is 1. The molecule has 1 unspecified atom stereocenters. The van der Waals surface area contributed by atoms with Gasteiger partial charge in [-0.15, -0.1) is 0 Å². The lowest BCUT2D eigenvalue weighted by atomic mass is 10.2. The first-order valence-corrected chi connectivity index (χ1v) is 8.89. The van der Waals surface area contributed by atoms with Gasteiger partial charge in [-0.1, -0.05) is 12.1 Å². The van der Waals surface area contributed by atoms with Gasteiger partial charge in [0.2, 0.25) is 0 Å². The van der Waals surface area contributed by atoms with Crippen molar-refractivity contribution in [2.24, 2.45) is 0 Å². The van der Waals surface area contributed by atoms with E-state index in [0.29, 0.717) is 6.61 Å². The average molecular weight is 342 g/mol. The Balaban J connectivity index is 1.33. The van der Waals surface area contributed by atoms with Crippen molar-refractivity contribution >= 4 is 5.69 Å². The van der Waals surface area contributed by atoms with E-state index in [1.165, 1.54) is 12.1 Å². The topological polar surface area (TPSA) is 24.9 Å². The molecule has 0 radical (unpaired) electrons. The number of ether oxygens (including phenoxy) is 2. The minimum Gasteiger partial charge on any atom is -0.486 e. The van der Waals surface area contributed by atoms with Gasteiger partial charge in [0.25, 0.3) is 0 Å². The van der Waals surface area contributed by atoms with Crippen LogP contribution in [0.4, 0.5) is 10.1 Å². The van der Waals surface area contributed by atoms with Crippen LogP contribution in [0.5, 0.6) is 11.5 Å². The summed E-state index contributed by atoms with van der Waals surface area (Å²) in [6, 6.07) is 14.6. The Hall–Kier alpha value is -2.27. The maximum Gasteiger partial charge on any atom is 0.161 e. The second kappa shape index (κ2) is 7.31. The van der Waals surface area contributed by atoms with Crippen LogP contribution in [0, 0.1) is 5.82 Å². The van der Waals surface area contributed by atoms with Gasteiger partial charge < -0.3 is 14.4 Å². The third-order valence-corrected chi connectivity index (χ3v) is 4.81. The van der Waals surface area contributed by atoms with Crippen LogP contribution in [-0.4, -0.2) is 50.3 Å². The van der Waals surface area contributed by atoms with Crippen molar-refractivity contribution in [3.05, 3.63) is 54.3 Å². The Morgan fingerprint density at radius 3 is 2.56 bits per heavy atom. The van der Waals surface area contributed by atoms with Gasteiger partial charge in [-0.2, -0.15) is 0 Å². The van der Waals surface area contributed by atoms with Crippen LogP contribution in [0.1, 0.15) is 6.42 Å². The summed E-state index contributed by atoms with van der Waals surface area (Å²) in [5.41, 5.74) is 1.09. The predicted molar refractivity (Wildman–Crippen MR) is 96.0 cm³/mol. The highest BCUT2D eigenvalue weighted by Crippen LogP contribution is 2.31. The van der Waals surface area contributed by atoms with E-state index in [2.05, 4.69) is 9.80 Å². The van der Waals surface area contributed by atoms with Crippen LogP contribution in [0.3, 0.4) is 0 Å². The molecule has 2 aliphatic rings. The summed E-state index contributed by atoms with van der Waals surface area (Å²) in [6.07, 6.45) is 1.15. The first-order valence-electron chi connectivity index (χ1n) is 8.89. The highest BCUT2D eigenvalue weighted by atomic mass is 19.1. The molecule has 0 amide bonds. The Kier molecular flexibility index (Phi) is 4.74. The molecule has 4 nitrogen and oxygen atoms in total. The highest BCUT2D eigenvalue weighted by molar-refractivity contribution is 5.46. The van der Waals surface area contributed by atoms with Gasteiger partial charge in [0, 0.05) is 38.4 Å². The van der Waals surface area contributed by atoms with E-state index in [1.54, 1.807) is 0 Å². The van der Waals surface area contributed by atoms with Crippen molar-refractivity contribution in [2.75, 3.05) is 44.2 Å². The quantitative estimate of drug-likeness (QED) is 0.855. The third-order valence-electron chi connectivity index (χ3n) is 4.81. The number of halogens is 1. The van der Waals surface area contributed by atoms with E-state index in [4.69, 9.17) is 9.47 Å². The molecule has 2 aromatic rings. The fourth-order valence-corrected chi connectivity index (χ4v) is 3.50. The number of benzene rings is 2. The Morgan fingerprint density at radius 2 is 1.72 bits per heavy atom. The fourth-order valence-electron chi connectivity index (χ4n) is 3.50. The molecule has 2 heterocycles. The van der Waals surface area contributed by atoms with Gasteiger partial charge >= 0.3 is 0 Å². The summed E-state index contributed by atoms with van der Waals surface area (Å²) < 4.78 is 25.0. The van der Waals surface area contributed by atoms with Gasteiger partial charge in [0.15, 0.2) is 11.5 Å². The van der Waals surface area contributed by atoms with Crippen molar-refractivity contribution in [3.8, 4) is 11.5 Å². The van der Waals surface area contributed by atoms with Crippen LogP contribution in [-0.2, 0) is 0 Å². The minimum absolute atomic E-state index is 0.0623. The molecular weight excluding hydrogens is 319 g/mol. The van der Waals surface area contributed by atoms with Crippen LogP contribution >= 0.6 is 0 Å². The molecule has 1 fully saturated rings. The molecular formula is C20H23FN2O2. The zero-order valence-electron chi connectivity index (χ0n) is 14.2. The number of rotatable bonds is 3. The maximum absolute atomic E-state index is 13.1. The van der Waals surface area contributed by atoms with E-state index in [-0.39, 0.29) is 11.9 Å². The molecule has 5 heteroatoms. The van der Waals surface area contributed by atoms with Crippen molar-refractivity contribution in [1.29, 1.82) is 0 Å². The fraction of sp³-hybridized carbons (Fsp3) is 0.400. The van der Waals surface area contributed by atoms with Gasteiger partial charge in [-0.25, -0.2) is 4.39 Å². The van der Waals surface area contributed by atoms with Crippen molar-refractivity contribution in [1.82, 2.24) is 4.90 Å². The lowest BCUT2D eigenvalue weighted by Gasteiger charge is -2.30. The Morgan fingerprint density at radius 1 is 0.920 bits per heavy atom. The predicted octanol–water partition coefficient (Wildman–Crippen LogP) is 3.18. The molecule has 0 N–H and O–H groups in total. The molecule has 0 bridgehead atoms. The number of para-hydroxylation sites is 2. The summed E-state index contributed by atoms with van der Waals surface area (Å²) in [5.74, 6) is 1.48. The average Bonchev–Trinajstić information content (AvgIpc) is 2.88. The second-order valence-corrected chi connectivity index (χ2v) is 6.62. The van der Waals surface area contributed by atoms with Gasteiger partial charge in [0.05, 0.1) is 0 Å². The summed E-state index contributed by atoms with van der Waals surface area (Å²) in [6.45, 7) is 5.40. The maximum atomic E-state index is 13.1. The SMILES string of the molecule is Fc1ccc(N2CCCN(CC3COc4ccccc4O3)CC2)cc1. The number of nitrogens with zero attached hydrogens (tertiary/aromatic N) is 2. The van der Waals surface area contributed by atoms with Crippen molar-refractivity contribution in [2.45, 2.75) is 12.5 Å². The van der Waals surface area contributed by atoms with E-state index in [1.807, 2.05) is 36.4 Å². The normalized spacial score (nSPS) is 21.0. The standard InChI is InChI=1S/C20H23FN2O2/c21-16-6-8-17(9-7-16)23-11-3-10-22(12-13-23)14-18-15-24-19-4-1-2-5-20(19)25-18/h1-2,4-9,18H,3,10-15H2. The van der Waals surface area contributed by atoms with Crippen LogP contribution in [0.2, 0.25) is 0 Å². The van der Waals surface area contributed by atoms with Crippen LogP contribution in [0.25, 0.3) is 0 Å². The molecule has 0 aliphatic carbocycles. The highest BCUT2D eigenvalue weighted by Gasteiger charge is 2.24.